The number of amidine groups is 1. The number of carbonyl (C=O) groups is 1. The molecular formula is C18H24N4O5Si. The maximum absolute atomic E-state index is 12.3. The summed E-state index contributed by atoms with van der Waals surface area (Å²) in [5.41, 5.74) is 0.362. The topological polar surface area (TPSA) is 106 Å². The summed E-state index contributed by atoms with van der Waals surface area (Å²) in [5.74, 6) is 0.451. The van der Waals surface area contributed by atoms with Crippen LogP contribution in [0.25, 0.3) is 0 Å². The molecule has 1 aromatic carbocycles. The van der Waals surface area contributed by atoms with Crippen molar-refractivity contribution in [3.63, 3.8) is 0 Å². The summed E-state index contributed by atoms with van der Waals surface area (Å²) in [4.78, 5) is 29.0. The molecule has 0 unspecified atom stereocenters. The van der Waals surface area contributed by atoms with Gasteiger partial charge in [0.1, 0.15) is 26.6 Å². The minimum absolute atomic E-state index is 0.0688. The number of hydrogen-bond donors (Lipinski definition) is 1. The van der Waals surface area contributed by atoms with E-state index in [0.717, 1.165) is 5.32 Å². The third kappa shape index (κ3) is 5.89. The molecule has 0 bridgehead atoms. The lowest BCUT2D eigenvalue weighted by Crippen LogP contribution is -2.37. The largest absolute Gasteiger partial charge is 0.443 e. The van der Waals surface area contributed by atoms with Gasteiger partial charge in [0.15, 0.2) is 0 Å². The number of rotatable bonds is 5. The zero-order chi connectivity index (χ0) is 20.9. The fourth-order valence-electron chi connectivity index (χ4n) is 2.38. The molecule has 0 atom stereocenters. The van der Waals surface area contributed by atoms with Crippen molar-refractivity contribution in [2.24, 2.45) is 4.99 Å². The second-order valence-electron chi connectivity index (χ2n) is 7.11. The Labute approximate surface area is 166 Å². The molecule has 1 aliphatic rings. The van der Waals surface area contributed by atoms with Crippen LogP contribution in [-0.2, 0) is 16.1 Å². The molecule has 9 nitrogen and oxygen atoms in total. The Balaban J connectivity index is 2.19. The fraction of sp³-hybridized carbons (Fsp3) is 0.444. The highest BCUT2D eigenvalue weighted by Crippen LogP contribution is 2.26. The second-order valence-corrected chi connectivity index (χ2v) is 8.30. The Morgan fingerprint density at radius 2 is 2.14 bits per heavy atom. The highest BCUT2D eigenvalue weighted by atomic mass is 28.2. The second kappa shape index (κ2) is 8.98. The average molecular weight is 404 g/mol. The lowest BCUT2D eigenvalue weighted by Gasteiger charge is -2.27. The van der Waals surface area contributed by atoms with Crippen LogP contribution in [0.3, 0.4) is 0 Å². The van der Waals surface area contributed by atoms with Crippen molar-refractivity contribution in [1.29, 1.82) is 0 Å². The van der Waals surface area contributed by atoms with Crippen LogP contribution in [-0.4, -0.2) is 57.2 Å². The van der Waals surface area contributed by atoms with Crippen molar-refractivity contribution < 1.29 is 19.2 Å². The van der Waals surface area contributed by atoms with Gasteiger partial charge in [-0.1, -0.05) is 6.07 Å². The first-order valence-electron chi connectivity index (χ1n) is 8.60. The van der Waals surface area contributed by atoms with Gasteiger partial charge in [-0.25, -0.2) is 4.79 Å². The van der Waals surface area contributed by atoms with Crippen LogP contribution in [0.1, 0.15) is 26.3 Å². The highest BCUT2D eigenvalue weighted by molar-refractivity contribution is 6.48. The Morgan fingerprint density at radius 1 is 1.43 bits per heavy atom. The van der Waals surface area contributed by atoms with E-state index in [1.807, 2.05) is 0 Å². The van der Waals surface area contributed by atoms with Gasteiger partial charge in [-0.3, -0.25) is 20.0 Å². The molecule has 1 amide bonds. The number of hydrogen-bond acceptors (Lipinski definition) is 7. The zero-order valence-corrected chi connectivity index (χ0v) is 17.6. The van der Waals surface area contributed by atoms with Gasteiger partial charge in [-0.2, -0.15) is 0 Å². The minimum Gasteiger partial charge on any atom is -0.443 e. The van der Waals surface area contributed by atoms with Crippen molar-refractivity contribution in [3.05, 3.63) is 45.3 Å². The summed E-state index contributed by atoms with van der Waals surface area (Å²) >= 11 is 0. The molecule has 1 aromatic rings. The number of amides is 1. The van der Waals surface area contributed by atoms with Gasteiger partial charge in [0.25, 0.3) is 5.69 Å². The third-order valence-electron chi connectivity index (χ3n) is 3.64. The molecule has 150 valence electrons. The average Bonchev–Trinajstić information content (AvgIpc) is 2.61. The number of aliphatic imine (C=N–C) groups is 1. The van der Waals surface area contributed by atoms with Gasteiger partial charge in [0, 0.05) is 31.7 Å². The number of methoxy groups -OCH3 is 1. The van der Waals surface area contributed by atoms with E-state index < -0.39 is 16.6 Å². The molecular weight excluding hydrogens is 380 g/mol. The Kier molecular flexibility index (Phi) is 6.92. The molecule has 10 heteroatoms. The molecule has 1 aliphatic heterocycles. The maximum atomic E-state index is 12.3. The van der Waals surface area contributed by atoms with Crippen molar-refractivity contribution in [2.75, 3.05) is 25.6 Å². The fourth-order valence-corrected chi connectivity index (χ4v) is 3.36. The minimum atomic E-state index is -0.594. The third-order valence-corrected chi connectivity index (χ3v) is 4.80. The lowest BCUT2D eigenvalue weighted by atomic mass is 10.2. The molecule has 1 N–H and O–H groups in total. The molecule has 0 aliphatic carbocycles. The number of nitrogens with one attached hydrogen (secondary N) is 1. The molecule has 2 rings (SSSR count). The van der Waals surface area contributed by atoms with Crippen LogP contribution in [0.4, 0.5) is 16.2 Å². The number of nitro groups is 1. The van der Waals surface area contributed by atoms with Gasteiger partial charge in [-0.05, 0) is 38.5 Å². The number of anilines is 1. The molecule has 0 saturated heterocycles. The van der Waals surface area contributed by atoms with E-state index in [-0.39, 0.29) is 12.3 Å². The Morgan fingerprint density at radius 3 is 2.75 bits per heavy atom. The first-order valence-corrected chi connectivity index (χ1v) is 9.81. The van der Waals surface area contributed by atoms with Gasteiger partial charge >= 0.3 is 6.09 Å². The monoisotopic (exact) mass is 404 g/mol. The van der Waals surface area contributed by atoms with E-state index in [1.165, 1.54) is 18.1 Å². The van der Waals surface area contributed by atoms with Gasteiger partial charge in [0.05, 0.1) is 11.5 Å². The predicted octanol–water partition coefficient (Wildman–Crippen LogP) is 2.94. The number of ether oxygens (including phenoxy) is 2. The summed E-state index contributed by atoms with van der Waals surface area (Å²) < 4.78 is 10.4. The first-order chi connectivity index (χ1) is 13.1. The van der Waals surface area contributed by atoms with Crippen molar-refractivity contribution >= 4 is 32.8 Å². The quantitative estimate of drug-likeness (QED) is 0.459. The first kappa shape index (κ1) is 21.6. The summed E-state index contributed by atoms with van der Waals surface area (Å²) in [6.07, 6.45) is 1.73. The summed E-state index contributed by atoms with van der Waals surface area (Å²) in [6.45, 7) is 5.69. The standard InChI is InChI=1S/C18H24N4O5Si/c1-18(2,3)27-17(23)21(4)16-9-15(19-11-28-16)20-13-7-6-12(10-26-5)8-14(13)22(24)25/h6-9H,10-11H2,1-5H3,(H,19,20). The van der Waals surface area contributed by atoms with Gasteiger partial charge in [-0.15, -0.1) is 0 Å². The van der Waals surface area contributed by atoms with Crippen LogP contribution in [0.15, 0.2) is 34.6 Å². The number of benzene rings is 1. The maximum Gasteiger partial charge on any atom is 0.413 e. The van der Waals surface area contributed by atoms with Crippen molar-refractivity contribution in [3.8, 4) is 0 Å². The van der Waals surface area contributed by atoms with E-state index in [1.54, 1.807) is 46.0 Å². The van der Waals surface area contributed by atoms with Crippen molar-refractivity contribution in [1.82, 2.24) is 4.90 Å². The van der Waals surface area contributed by atoms with Gasteiger partial charge < -0.3 is 14.8 Å². The van der Waals surface area contributed by atoms with Crippen LogP contribution >= 0.6 is 0 Å². The summed E-state index contributed by atoms with van der Waals surface area (Å²) in [5, 5.41) is 15.1. The molecule has 28 heavy (non-hydrogen) atoms. The molecule has 2 radical (unpaired) electrons. The molecule has 0 saturated carbocycles. The molecule has 0 spiro atoms. The van der Waals surface area contributed by atoms with Crippen molar-refractivity contribution in [2.45, 2.75) is 33.0 Å². The summed E-state index contributed by atoms with van der Waals surface area (Å²) in [7, 11) is 3.47. The van der Waals surface area contributed by atoms with E-state index in [2.05, 4.69) is 10.3 Å². The van der Waals surface area contributed by atoms with Crippen LogP contribution in [0.5, 0.6) is 0 Å². The smallest absolute Gasteiger partial charge is 0.413 e. The normalized spacial score (nSPS) is 14.0. The SMILES string of the molecule is COCc1ccc(NC2=NC[Si]C(N(C)C(=O)OC(C)(C)C)=C2)c([N+](=O)[O-])c1. The van der Waals surface area contributed by atoms with E-state index in [4.69, 9.17) is 9.47 Å². The number of nitrogens with zero attached hydrogens (tertiary/aromatic N) is 3. The van der Waals surface area contributed by atoms with Crippen LogP contribution < -0.4 is 5.32 Å². The summed E-state index contributed by atoms with van der Waals surface area (Å²) in [6, 6.07) is 4.84. The van der Waals surface area contributed by atoms with E-state index >= 15 is 0 Å². The highest BCUT2D eigenvalue weighted by Gasteiger charge is 2.24. The molecule has 0 fully saturated rings. The Bertz CT molecular complexity index is 817. The molecule has 0 aromatic heterocycles. The van der Waals surface area contributed by atoms with E-state index in [0.29, 0.717) is 32.8 Å². The number of nitro benzene ring substituents is 1. The van der Waals surface area contributed by atoms with E-state index in [9.17, 15) is 14.9 Å². The zero-order valence-electron chi connectivity index (χ0n) is 16.6. The predicted molar refractivity (Wildman–Crippen MR) is 108 cm³/mol. The lowest BCUT2D eigenvalue weighted by molar-refractivity contribution is -0.384. The van der Waals surface area contributed by atoms with Crippen LogP contribution in [0, 0.1) is 10.1 Å². The van der Waals surface area contributed by atoms with Crippen LogP contribution in [0.2, 0.25) is 0 Å². The Hall–Kier alpha value is -2.72. The van der Waals surface area contributed by atoms with Gasteiger partial charge in [0.2, 0.25) is 0 Å². The molecule has 1 heterocycles. The number of carbonyl (C=O) groups excluding carboxylic acids is 1.